The molecule has 0 saturated carbocycles. The lowest BCUT2D eigenvalue weighted by Crippen LogP contribution is -2.46. The number of benzene rings is 1. The first-order valence-electron chi connectivity index (χ1n) is 5.54. The minimum Gasteiger partial charge on any atom is -0.496 e. The van der Waals surface area contributed by atoms with Crippen LogP contribution in [0.3, 0.4) is 0 Å². The molecular formula is C12H15BrN2O4. The second kappa shape index (κ2) is 7.10. The summed E-state index contributed by atoms with van der Waals surface area (Å²) in [4.78, 5) is 21.8. The summed E-state index contributed by atoms with van der Waals surface area (Å²) in [5, 5.41) is 11.0. The molecule has 1 aromatic rings. The molecule has 0 aliphatic rings. The van der Waals surface area contributed by atoms with E-state index in [2.05, 4.69) is 21.2 Å². The quantitative estimate of drug-likeness (QED) is 0.660. The lowest BCUT2D eigenvalue weighted by molar-refractivity contribution is -0.142. The van der Waals surface area contributed by atoms with Crippen LogP contribution < -0.4 is 15.8 Å². The number of hydrogen-bond acceptors (Lipinski definition) is 4. The number of carboxylic acids is 1. The van der Waals surface area contributed by atoms with Crippen molar-refractivity contribution in [3.63, 3.8) is 0 Å². The Morgan fingerprint density at radius 2 is 2.21 bits per heavy atom. The molecule has 1 aromatic carbocycles. The zero-order valence-corrected chi connectivity index (χ0v) is 11.9. The van der Waals surface area contributed by atoms with Crippen LogP contribution in [0.5, 0.6) is 5.75 Å². The van der Waals surface area contributed by atoms with Gasteiger partial charge in [-0.2, -0.15) is 0 Å². The summed E-state index contributed by atoms with van der Waals surface area (Å²) in [6.07, 6.45) is 0.570. The molecule has 0 bridgehead atoms. The Balaban J connectivity index is 2.47. The van der Waals surface area contributed by atoms with Crippen LogP contribution in [-0.2, 0) is 16.0 Å². The maximum atomic E-state index is 11.3. The van der Waals surface area contributed by atoms with Gasteiger partial charge in [-0.05, 0) is 40.0 Å². The van der Waals surface area contributed by atoms with Gasteiger partial charge in [0.25, 0.3) is 0 Å². The smallest absolute Gasteiger partial charge is 0.330 e. The summed E-state index contributed by atoms with van der Waals surface area (Å²) in [6, 6.07) is 4.03. The number of halogens is 1. The van der Waals surface area contributed by atoms with Gasteiger partial charge in [0.2, 0.25) is 5.91 Å². The number of carboxylic acid groups (broad SMARTS) is 1. The lowest BCUT2D eigenvalue weighted by atomic mass is 10.1. The number of methoxy groups -OCH3 is 1. The molecule has 1 atom stereocenters. The first-order valence-corrected chi connectivity index (χ1v) is 6.33. The summed E-state index contributed by atoms with van der Waals surface area (Å²) < 4.78 is 5.92. The Labute approximate surface area is 119 Å². The van der Waals surface area contributed by atoms with Gasteiger partial charge in [0.1, 0.15) is 5.75 Å². The number of ether oxygens (including phenoxy) is 1. The van der Waals surface area contributed by atoms with Crippen molar-refractivity contribution in [1.29, 1.82) is 0 Å². The van der Waals surface area contributed by atoms with Crippen LogP contribution in [-0.4, -0.2) is 36.7 Å². The molecule has 0 aliphatic carbocycles. The largest absolute Gasteiger partial charge is 0.496 e. The average Bonchev–Trinajstić information content (AvgIpc) is 2.37. The van der Waals surface area contributed by atoms with E-state index in [0.717, 1.165) is 15.8 Å². The Hall–Kier alpha value is -1.60. The van der Waals surface area contributed by atoms with Gasteiger partial charge < -0.3 is 20.9 Å². The van der Waals surface area contributed by atoms with E-state index in [1.54, 1.807) is 7.11 Å². The first-order chi connectivity index (χ1) is 8.95. The molecule has 19 heavy (non-hydrogen) atoms. The Bertz CT molecular complexity index is 479. The number of carbonyl (C=O) groups is 2. The predicted molar refractivity (Wildman–Crippen MR) is 73.0 cm³/mol. The number of carbonyl (C=O) groups excluding carboxylic acids is 1. The van der Waals surface area contributed by atoms with E-state index >= 15 is 0 Å². The van der Waals surface area contributed by atoms with Gasteiger partial charge in [-0.15, -0.1) is 0 Å². The molecule has 1 amide bonds. The number of amides is 1. The molecule has 0 radical (unpaired) electrons. The summed E-state index contributed by atoms with van der Waals surface area (Å²) in [5.41, 5.74) is 6.15. The normalized spacial score (nSPS) is 11.7. The number of nitrogens with one attached hydrogen (secondary N) is 1. The molecule has 4 N–H and O–H groups in total. The van der Waals surface area contributed by atoms with Crippen molar-refractivity contribution >= 4 is 27.8 Å². The second-order valence-electron chi connectivity index (χ2n) is 3.83. The fourth-order valence-corrected chi connectivity index (χ4v) is 2.01. The zero-order chi connectivity index (χ0) is 14.4. The highest BCUT2D eigenvalue weighted by atomic mass is 79.9. The van der Waals surface area contributed by atoms with Gasteiger partial charge in [0.15, 0.2) is 6.04 Å². The van der Waals surface area contributed by atoms with Gasteiger partial charge in [0, 0.05) is 6.54 Å². The van der Waals surface area contributed by atoms with Crippen molar-refractivity contribution in [1.82, 2.24) is 5.32 Å². The van der Waals surface area contributed by atoms with Crippen LogP contribution in [0, 0.1) is 0 Å². The van der Waals surface area contributed by atoms with Gasteiger partial charge in [-0.3, -0.25) is 4.79 Å². The number of nitrogens with two attached hydrogens (primary N) is 1. The maximum absolute atomic E-state index is 11.3. The fourth-order valence-electron chi connectivity index (χ4n) is 1.42. The molecule has 1 rings (SSSR count). The van der Waals surface area contributed by atoms with Crippen LogP contribution in [0.4, 0.5) is 0 Å². The van der Waals surface area contributed by atoms with E-state index in [1.165, 1.54) is 0 Å². The van der Waals surface area contributed by atoms with E-state index in [4.69, 9.17) is 15.6 Å². The zero-order valence-electron chi connectivity index (χ0n) is 10.4. The van der Waals surface area contributed by atoms with Gasteiger partial charge in [-0.25, -0.2) is 4.79 Å². The van der Waals surface area contributed by atoms with Crippen molar-refractivity contribution in [2.45, 2.75) is 12.5 Å². The minimum absolute atomic E-state index is 0.318. The van der Waals surface area contributed by atoms with Crippen LogP contribution >= 0.6 is 15.9 Å². The van der Waals surface area contributed by atoms with Crippen molar-refractivity contribution in [3.8, 4) is 5.75 Å². The molecule has 0 aliphatic heterocycles. The molecule has 0 saturated heterocycles. The Kier molecular flexibility index (Phi) is 5.78. The van der Waals surface area contributed by atoms with Crippen LogP contribution in [0.25, 0.3) is 0 Å². The monoisotopic (exact) mass is 330 g/mol. The first kappa shape index (κ1) is 15.5. The van der Waals surface area contributed by atoms with Crippen LogP contribution in [0.2, 0.25) is 0 Å². The highest BCUT2D eigenvalue weighted by molar-refractivity contribution is 9.10. The van der Waals surface area contributed by atoms with E-state index < -0.39 is 17.9 Å². The molecule has 1 unspecified atom stereocenters. The van der Waals surface area contributed by atoms with Gasteiger partial charge in [-0.1, -0.05) is 6.07 Å². The SMILES string of the molecule is COc1ccc(CCNC(=O)C(N)C(=O)O)cc1Br. The minimum atomic E-state index is -1.53. The molecule has 6 nitrogen and oxygen atoms in total. The summed E-state index contributed by atoms with van der Waals surface area (Å²) in [7, 11) is 1.58. The van der Waals surface area contributed by atoms with Crippen molar-refractivity contribution in [2.75, 3.05) is 13.7 Å². The molecule has 0 heterocycles. The van der Waals surface area contributed by atoms with Crippen molar-refractivity contribution in [3.05, 3.63) is 28.2 Å². The third-order valence-corrected chi connectivity index (χ3v) is 3.10. The highest BCUT2D eigenvalue weighted by Gasteiger charge is 2.20. The van der Waals surface area contributed by atoms with E-state index in [0.29, 0.717) is 13.0 Å². The topological polar surface area (TPSA) is 102 Å². The number of aliphatic carboxylic acids is 1. The maximum Gasteiger partial charge on any atom is 0.330 e. The summed E-state index contributed by atoms with van der Waals surface area (Å²) in [5.74, 6) is -1.31. The molecular weight excluding hydrogens is 316 g/mol. The number of rotatable bonds is 6. The lowest BCUT2D eigenvalue weighted by Gasteiger charge is -2.09. The average molecular weight is 331 g/mol. The molecule has 104 valence electrons. The predicted octanol–water partition coefficient (Wildman–Crippen LogP) is 0.528. The van der Waals surface area contributed by atoms with Crippen LogP contribution in [0.15, 0.2) is 22.7 Å². The van der Waals surface area contributed by atoms with Crippen molar-refractivity contribution < 1.29 is 19.4 Å². The summed E-state index contributed by atoms with van der Waals surface area (Å²) in [6.45, 7) is 0.318. The third-order valence-electron chi connectivity index (χ3n) is 2.48. The Morgan fingerprint density at radius 3 is 2.74 bits per heavy atom. The summed E-state index contributed by atoms with van der Waals surface area (Å²) >= 11 is 3.36. The molecule has 7 heteroatoms. The van der Waals surface area contributed by atoms with E-state index in [9.17, 15) is 9.59 Å². The Morgan fingerprint density at radius 1 is 1.53 bits per heavy atom. The highest BCUT2D eigenvalue weighted by Crippen LogP contribution is 2.25. The van der Waals surface area contributed by atoms with E-state index in [-0.39, 0.29) is 0 Å². The standard InChI is InChI=1S/C12H15BrN2O4/c1-19-9-3-2-7(6-8(9)13)4-5-15-11(16)10(14)12(17)18/h2-3,6,10H,4-5,14H2,1H3,(H,15,16)(H,17,18). The second-order valence-corrected chi connectivity index (χ2v) is 4.68. The van der Waals surface area contributed by atoms with Gasteiger partial charge >= 0.3 is 5.97 Å². The van der Waals surface area contributed by atoms with Crippen LogP contribution in [0.1, 0.15) is 5.56 Å². The molecule has 0 spiro atoms. The number of hydrogen-bond donors (Lipinski definition) is 3. The fraction of sp³-hybridized carbons (Fsp3) is 0.333. The molecule has 0 fully saturated rings. The van der Waals surface area contributed by atoms with Crippen molar-refractivity contribution in [2.24, 2.45) is 5.73 Å². The third kappa shape index (κ3) is 4.53. The molecule has 0 aromatic heterocycles. The van der Waals surface area contributed by atoms with Gasteiger partial charge in [0.05, 0.1) is 11.6 Å². The van der Waals surface area contributed by atoms with E-state index in [1.807, 2.05) is 18.2 Å².